The third-order valence-corrected chi connectivity index (χ3v) is 6.19. The molecule has 1 aromatic heterocycles. The molecule has 0 radical (unpaired) electrons. The fourth-order valence-corrected chi connectivity index (χ4v) is 4.55. The molecule has 2 heterocycles. The molecular formula is C23H25N3O3S. The number of ether oxygens (including phenoxy) is 1. The van der Waals surface area contributed by atoms with E-state index in [0.717, 1.165) is 16.8 Å². The zero-order chi connectivity index (χ0) is 21.3. The maximum absolute atomic E-state index is 13.4. The molecule has 0 spiro atoms. The summed E-state index contributed by atoms with van der Waals surface area (Å²) in [6, 6.07) is 13.3. The minimum absolute atomic E-state index is 0.0325. The van der Waals surface area contributed by atoms with E-state index in [2.05, 4.69) is 0 Å². The van der Waals surface area contributed by atoms with E-state index in [1.165, 1.54) is 11.8 Å². The van der Waals surface area contributed by atoms with Gasteiger partial charge in [-0.25, -0.2) is 4.98 Å². The Labute approximate surface area is 179 Å². The Morgan fingerprint density at radius 3 is 2.83 bits per heavy atom. The van der Waals surface area contributed by atoms with Crippen LogP contribution in [0.1, 0.15) is 18.1 Å². The minimum Gasteiger partial charge on any atom is -0.375 e. The van der Waals surface area contributed by atoms with Gasteiger partial charge in [0, 0.05) is 13.1 Å². The number of thioether (sulfide) groups is 1. The molecule has 4 rings (SSSR count). The fourth-order valence-electron chi connectivity index (χ4n) is 3.64. The SMILES string of the molecule is Cc1ccc(C)c(-n2c(SCC(=O)N3CCOC(C)C3)nc3ccccc3c2=O)c1. The van der Waals surface area contributed by atoms with Crippen LogP contribution in [0.25, 0.3) is 16.6 Å². The number of aryl methyl sites for hydroxylation is 2. The topological polar surface area (TPSA) is 64.4 Å². The van der Waals surface area contributed by atoms with Gasteiger partial charge in [-0.2, -0.15) is 0 Å². The smallest absolute Gasteiger partial charge is 0.266 e. The summed E-state index contributed by atoms with van der Waals surface area (Å²) in [6.45, 7) is 7.69. The molecule has 0 bridgehead atoms. The summed E-state index contributed by atoms with van der Waals surface area (Å²) in [7, 11) is 0. The van der Waals surface area contributed by atoms with Crippen LogP contribution in [0.15, 0.2) is 52.4 Å². The molecule has 7 heteroatoms. The normalized spacial score (nSPS) is 16.8. The van der Waals surface area contributed by atoms with Gasteiger partial charge < -0.3 is 9.64 Å². The minimum atomic E-state index is -0.121. The maximum Gasteiger partial charge on any atom is 0.266 e. The number of fused-ring (bicyclic) bond motifs is 1. The zero-order valence-corrected chi connectivity index (χ0v) is 18.2. The highest BCUT2D eigenvalue weighted by Crippen LogP contribution is 2.24. The molecule has 0 N–H and O–H groups in total. The molecule has 1 aliphatic rings. The second-order valence-corrected chi connectivity index (χ2v) is 8.59. The van der Waals surface area contributed by atoms with Gasteiger partial charge in [0.05, 0.1) is 35.1 Å². The van der Waals surface area contributed by atoms with Gasteiger partial charge >= 0.3 is 0 Å². The van der Waals surface area contributed by atoms with E-state index in [-0.39, 0.29) is 23.3 Å². The molecule has 30 heavy (non-hydrogen) atoms. The average Bonchev–Trinajstić information content (AvgIpc) is 2.74. The van der Waals surface area contributed by atoms with E-state index >= 15 is 0 Å². The van der Waals surface area contributed by atoms with Crippen molar-refractivity contribution in [1.29, 1.82) is 0 Å². The maximum atomic E-state index is 13.4. The monoisotopic (exact) mass is 423 g/mol. The number of benzene rings is 2. The summed E-state index contributed by atoms with van der Waals surface area (Å²) >= 11 is 1.31. The zero-order valence-electron chi connectivity index (χ0n) is 17.4. The third kappa shape index (κ3) is 4.13. The van der Waals surface area contributed by atoms with Crippen LogP contribution in [0.5, 0.6) is 0 Å². The van der Waals surface area contributed by atoms with Gasteiger partial charge in [0.2, 0.25) is 5.91 Å². The van der Waals surface area contributed by atoms with Crippen LogP contribution < -0.4 is 5.56 Å². The number of rotatable bonds is 4. The van der Waals surface area contributed by atoms with Gasteiger partial charge in [0.15, 0.2) is 5.16 Å². The lowest BCUT2D eigenvalue weighted by Gasteiger charge is -2.31. The molecule has 1 amide bonds. The summed E-state index contributed by atoms with van der Waals surface area (Å²) < 4.78 is 7.17. The standard InChI is InChI=1S/C23H25N3O3S/c1-15-8-9-16(2)20(12-15)26-22(28)18-6-4-5-7-19(18)24-23(26)30-14-21(27)25-10-11-29-17(3)13-25/h4-9,12,17H,10-11,13-14H2,1-3H3. The lowest BCUT2D eigenvalue weighted by molar-refractivity contribution is -0.135. The summed E-state index contributed by atoms with van der Waals surface area (Å²) in [6.07, 6.45) is 0.0413. The average molecular weight is 424 g/mol. The summed E-state index contributed by atoms with van der Waals surface area (Å²) in [4.78, 5) is 32.7. The van der Waals surface area contributed by atoms with Crippen LogP contribution >= 0.6 is 11.8 Å². The van der Waals surface area contributed by atoms with E-state index in [0.29, 0.717) is 35.8 Å². The van der Waals surface area contributed by atoms with Gasteiger partial charge in [0.25, 0.3) is 5.56 Å². The first-order chi connectivity index (χ1) is 14.4. The van der Waals surface area contributed by atoms with Crippen molar-refractivity contribution in [2.75, 3.05) is 25.4 Å². The predicted molar refractivity (Wildman–Crippen MR) is 120 cm³/mol. The number of aromatic nitrogens is 2. The van der Waals surface area contributed by atoms with Crippen molar-refractivity contribution >= 4 is 28.6 Å². The van der Waals surface area contributed by atoms with Crippen molar-refractivity contribution in [1.82, 2.24) is 14.5 Å². The molecule has 0 aliphatic carbocycles. The van der Waals surface area contributed by atoms with Gasteiger partial charge in [-0.15, -0.1) is 0 Å². The van der Waals surface area contributed by atoms with Crippen molar-refractivity contribution in [2.45, 2.75) is 32.0 Å². The van der Waals surface area contributed by atoms with Crippen LogP contribution in [0.2, 0.25) is 0 Å². The van der Waals surface area contributed by atoms with Crippen molar-refractivity contribution in [3.05, 3.63) is 63.9 Å². The third-order valence-electron chi connectivity index (χ3n) is 5.27. The quantitative estimate of drug-likeness (QED) is 0.476. The Morgan fingerprint density at radius 1 is 1.23 bits per heavy atom. The predicted octanol–water partition coefficient (Wildman–Crippen LogP) is 3.34. The summed E-state index contributed by atoms with van der Waals surface area (Å²) in [5.41, 5.74) is 3.36. The number of carbonyl (C=O) groups is 1. The first-order valence-electron chi connectivity index (χ1n) is 10.1. The van der Waals surface area contributed by atoms with Gasteiger partial charge in [-0.05, 0) is 50.1 Å². The first kappa shape index (κ1) is 20.6. The Kier molecular flexibility index (Phi) is 5.92. The number of carbonyl (C=O) groups excluding carboxylic acids is 1. The largest absolute Gasteiger partial charge is 0.375 e. The second kappa shape index (κ2) is 8.62. The van der Waals surface area contributed by atoms with Crippen molar-refractivity contribution in [3.8, 4) is 5.69 Å². The van der Waals surface area contributed by atoms with Crippen LogP contribution in [0, 0.1) is 13.8 Å². The van der Waals surface area contributed by atoms with Gasteiger partial charge in [0.1, 0.15) is 0 Å². The lowest BCUT2D eigenvalue weighted by Crippen LogP contribution is -2.45. The molecule has 1 atom stereocenters. The van der Waals surface area contributed by atoms with E-state index < -0.39 is 0 Å². The van der Waals surface area contributed by atoms with E-state index in [1.54, 1.807) is 10.6 Å². The van der Waals surface area contributed by atoms with Gasteiger partial charge in [-0.1, -0.05) is 36.0 Å². The van der Waals surface area contributed by atoms with Crippen LogP contribution in [-0.4, -0.2) is 51.9 Å². The Balaban J connectivity index is 1.74. The molecule has 3 aromatic rings. The molecule has 0 saturated carbocycles. The highest BCUT2D eigenvalue weighted by atomic mass is 32.2. The van der Waals surface area contributed by atoms with Crippen molar-refractivity contribution in [3.63, 3.8) is 0 Å². The highest BCUT2D eigenvalue weighted by molar-refractivity contribution is 7.99. The Morgan fingerprint density at radius 2 is 2.03 bits per heavy atom. The fraction of sp³-hybridized carbons (Fsp3) is 0.348. The molecule has 1 unspecified atom stereocenters. The molecule has 1 saturated heterocycles. The number of amides is 1. The number of morpholine rings is 1. The molecule has 1 fully saturated rings. The number of para-hydroxylation sites is 1. The van der Waals surface area contributed by atoms with Crippen LogP contribution in [0.4, 0.5) is 0 Å². The number of hydrogen-bond donors (Lipinski definition) is 0. The molecule has 6 nitrogen and oxygen atoms in total. The van der Waals surface area contributed by atoms with E-state index in [4.69, 9.17) is 9.72 Å². The Bertz CT molecular complexity index is 1160. The van der Waals surface area contributed by atoms with E-state index in [1.807, 2.05) is 62.1 Å². The summed E-state index contributed by atoms with van der Waals surface area (Å²) in [5, 5.41) is 1.10. The molecule has 156 valence electrons. The molecule has 2 aromatic carbocycles. The van der Waals surface area contributed by atoms with Crippen molar-refractivity contribution < 1.29 is 9.53 Å². The number of nitrogens with zero attached hydrogens (tertiary/aromatic N) is 3. The number of hydrogen-bond acceptors (Lipinski definition) is 5. The first-order valence-corrected chi connectivity index (χ1v) is 11.0. The molecule has 1 aliphatic heterocycles. The summed E-state index contributed by atoms with van der Waals surface area (Å²) in [5.74, 6) is 0.257. The highest BCUT2D eigenvalue weighted by Gasteiger charge is 2.23. The van der Waals surface area contributed by atoms with E-state index in [9.17, 15) is 9.59 Å². The second-order valence-electron chi connectivity index (χ2n) is 7.65. The lowest BCUT2D eigenvalue weighted by atomic mass is 10.1. The van der Waals surface area contributed by atoms with Crippen LogP contribution in [0.3, 0.4) is 0 Å². The van der Waals surface area contributed by atoms with Gasteiger partial charge in [-0.3, -0.25) is 14.2 Å². The Hall–Kier alpha value is -2.64. The van der Waals surface area contributed by atoms with Crippen LogP contribution in [-0.2, 0) is 9.53 Å². The van der Waals surface area contributed by atoms with Crippen molar-refractivity contribution in [2.24, 2.45) is 0 Å². The molecular weight excluding hydrogens is 398 g/mol.